The fourth-order valence-electron chi connectivity index (χ4n) is 9.01. The van der Waals surface area contributed by atoms with Crippen LogP contribution in [0.15, 0.2) is 218 Å². The summed E-state index contributed by atoms with van der Waals surface area (Å²) in [5.74, 6) is -4.96. The predicted molar refractivity (Wildman–Crippen MR) is 296 cm³/mol. The minimum Gasteiger partial charge on any atom is -0.871 e. The fraction of sp³-hybridized carbons (Fsp3) is 0.136. The molecule has 9 aromatic carbocycles. The Morgan fingerprint density at radius 1 is 0.303 bits per heavy atom. The fourth-order valence-corrected chi connectivity index (χ4v) is 9.01. The zero-order valence-electron chi connectivity index (χ0n) is 43.2. The molecule has 0 saturated carbocycles. The number of carboxylic acids is 3. The van der Waals surface area contributed by atoms with Gasteiger partial charge in [-0.05, 0) is 85.0 Å². The first-order valence-electron chi connectivity index (χ1n) is 24.3. The molecule has 3 N–H and O–H groups in total. The molecular weight excluding hydrogens is 964 g/mol. The number of carbonyl (C=O) groups is 3. The van der Waals surface area contributed by atoms with Crippen LogP contribution in [0.4, 0.5) is 0 Å². The van der Waals surface area contributed by atoms with Crippen LogP contribution in [0.1, 0.15) is 106 Å². The van der Waals surface area contributed by atoms with E-state index in [0.29, 0.717) is 16.7 Å². The van der Waals surface area contributed by atoms with Crippen molar-refractivity contribution < 1.29 is 45.0 Å². The molecule has 0 unspecified atom stereocenters. The maximum Gasteiger partial charge on any atom is 3.00 e. The van der Waals surface area contributed by atoms with Crippen molar-refractivity contribution in [2.45, 2.75) is 57.8 Å². The molecule has 0 aliphatic rings. The Morgan fingerprint density at radius 2 is 0.487 bits per heavy atom. The van der Waals surface area contributed by atoms with Gasteiger partial charge in [-0.1, -0.05) is 259 Å². The smallest absolute Gasteiger partial charge is 0.871 e. The third-order valence-electron chi connectivity index (χ3n) is 13.9. The Hall–Kier alpha value is -8.68. The van der Waals surface area contributed by atoms with Crippen LogP contribution in [0, 0.1) is 0 Å². The third kappa shape index (κ3) is 12.5. The van der Waals surface area contributed by atoms with Gasteiger partial charge in [0.15, 0.2) is 0 Å². The van der Waals surface area contributed by atoms with Crippen molar-refractivity contribution >= 4 is 35.3 Å². The van der Waals surface area contributed by atoms with Gasteiger partial charge in [0.05, 0.1) is 16.7 Å². The average molecular weight is 1020 g/mol. The topological polar surface area (TPSA) is 181 Å². The van der Waals surface area contributed by atoms with E-state index in [1.165, 1.54) is 18.2 Å². The molecule has 76 heavy (non-hydrogen) atoms. The van der Waals surface area contributed by atoms with E-state index in [1.807, 2.05) is 242 Å². The van der Waals surface area contributed by atoms with Gasteiger partial charge in [-0.25, -0.2) is 14.4 Å². The number of hydrogen-bond acceptors (Lipinski definition) is 6. The standard InChI is InChI=1S/3C22H20O3.Al/c3*1-22(2,16-11-7-4-8-12-16)17-13-18(15-9-5-3-6-10-15)20(23)19(14-17)21(24)25;/h3*3-14,23H,1-2H3,(H,24,25);/q;;;+3/p-3. The molecule has 0 fully saturated rings. The second-order valence-electron chi connectivity index (χ2n) is 19.7. The van der Waals surface area contributed by atoms with Gasteiger partial charge in [-0.15, -0.1) is 0 Å². The molecule has 0 atom stereocenters. The quantitative estimate of drug-likeness (QED) is 0.100. The summed E-state index contributed by atoms with van der Waals surface area (Å²) in [6, 6.07) is 67.1. The van der Waals surface area contributed by atoms with Gasteiger partial charge in [0.1, 0.15) is 0 Å². The maximum absolute atomic E-state index is 12.6. The summed E-state index contributed by atoms with van der Waals surface area (Å²) >= 11 is 0. The molecule has 0 radical (unpaired) electrons. The first-order chi connectivity index (χ1) is 35.7. The Kier molecular flexibility index (Phi) is 18.0. The van der Waals surface area contributed by atoms with Crippen molar-refractivity contribution in [1.82, 2.24) is 0 Å². The van der Waals surface area contributed by atoms with Crippen molar-refractivity contribution in [3.05, 3.63) is 268 Å². The molecule has 378 valence electrons. The van der Waals surface area contributed by atoms with Crippen molar-refractivity contribution in [1.29, 1.82) is 0 Å². The Bertz CT molecular complexity index is 3070. The number of carboxylic acid groups (broad SMARTS) is 3. The van der Waals surface area contributed by atoms with E-state index in [9.17, 15) is 45.0 Å². The van der Waals surface area contributed by atoms with Crippen molar-refractivity contribution in [2.24, 2.45) is 0 Å². The summed E-state index contributed by atoms with van der Waals surface area (Å²) < 4.78 is 0. The SMILES string of the molecule is CC(C)(c1ccccc1)c1cc(C(=O)O)c([O-])c(-c2ccccc2)c1.CC(C)(c1ccccc1)c1cc(C(=O)O)c([O-])c(-c2ccccc2)c1.CC(C)(c1ccccc1)c1cc(C(=O)O)c([O-])c(-c2ccccc2)c1.[Al+3]. The van der Waals surface area contributed by atoms with Crippen LogP contribution < -0.4 is 15.3 Å². The zero-order chi connectivity index (χ0) is 54.1. The minimum absolute atomic E-state index is 0. The van der Waals surface area contributed by atoms with Crippen LogP contribution in [-0.4, -0.2) is 50.6 Å². The molecule has 0 bridgehead atoms. The first-order valence-corrected chi connectivity index (χ1v) is 24.3. The second kappa shape index (κ2) is 24.1. The van der Waals surface area contributed by atoms with Gasteiger partial charge < -0.3 is 30.6 Å². The van der Waals surface area contributed by atoms with E-state index < -0.39 is 51.4 Å². The number of benzene rings is 9. The van der Waals surface area contributed by atoms with Gasteiger partial charge in [-0.3, -0.25) is 0 Å². The van der Waals surface area contributed by atoms with E-state index in [4.69, 9.17) is 0 Å². The molecule has 9 aromatic rings. The summed E-state index contributed by atoms with van der Waals surface area (Å²) in [6.07, 6.45) is 0. The molecular formula is C66H57AlO9. The van der Waals surface area contributed by atoms with E-state index in [2.05, 4.69) is 0 Å². The Balaban J connectivity index is 0.000000184. The molecule has 0 heterocycles. The van der Waals surface area contributed by atoms with Gasteiger partial charge >= 0.3 is 35.3 Å². The molecule has 10 heteroatoms. The van der Waals surface area contributed by atoms with E-state index in [0.717, 1.165) is 50.1 Å². The summed E-state index contributed by atoms with van der Waals surface area (Å²) in [7, 11) is 0. The average Bonchev–Trinajstić information content (AvgIpc) is 3.42. The van der Waals surface area contributed by atoms with Crippen LogP contribution in [0.25, 0.3) is 33.4 Å². The van der Waals surface area contributed by atoms with Crippen LogP contribution in [0.3, 0.4) is 0 Å². The maximum atomic E-state index is 12.6. The van der Waals surface area contributed by atoms with Crippen molar-refractivity contribution in [3.8, 4) is 50.6 Å². The molecule has 0 aliphatic heterocycles. The predicted octanol–water partition coefficient (Wildman–Crippen LogP) is 13.0. The number of aromatic carboxylic acids is 3. The molecule has 9 nitrogen and oxygen atoms in total. The molecule has 0 saturated heterocycles. The Labute approximate surface area is 454 Å². The van der Waals surface area contributed by atoms with E-state index >= 15 is 0 Å². The van der Waals surface area contributed by atoms with Crippen molar-refractivity contribution in [3.63, 3.8) is 0 Å². The summed E-state index contributed by atoms with van der Waals surface area (Å²) in [4.78, 5) is 34.9. The van der Waals surface area contributed by atoms with Crippen LogP contribution >= 0.6 is 0 Å². The minimum atomic E-state index is -1.20. The number of rotatable bonds is 12. The molecule has 0 amide bonds. The van der Waals surface area contributed by atoms with Gasteiger partial charge in [0, 0.05) is 16.2 Å². The summed E-state index contributed by atoms with van der Waals surface area (Å²) in [5, 5.41) is 66.4. The van der Waals surface area contributed by atoms with Gasteiger partial charge in [-0.2, -0.15) is 0 Å². The Morgan fingerprint density at radius 3 is 0.671 bits per heavy atom. The van der Waals surface area contributed by atoms with Crippen molar-refractivity contribution in [2.75, 3.05) is 0 Å². The summed E-state index contributed by atoms with van der Waals surface area (Å²) in [6.45, 7) is 12.2. The van der Waals surface area contributed by atoms with Crippen LogP contribution in [-0.2, 0) is 16.2 Å². The van der Waals surface area contributed by atoms with Gasteiger partial charge in [0.25, 0.3) is 0 Å². The first kappa shape index (κ1) is 56.6. The summed E-state index contributed by atoms with van der Waals surface area (Å²) in [5.41, 5.74) is 7.13. The largest absolute Gasteiger partial charge is 3.00 e. The molecule has 0 aliphatic carbocycles. The zero-order valence-corrected chi connectivity index (χ0v) is 44.3. The van der Waals surface area contributed by atoms with E-state index in [-0.39, 0.29) is 34.1 Å². The molecule has 9 rings (SSSR count). The van der Waals surface area contributed by atoms with Crippen LogP contribution in [0.2, 0.25) is 0 Å². The molecule has 0 aromatic heterocycles. The van der Waals surface area contributed by atoms with E-state index in [1.54, 1.807) is 0 Å². The normalized spacial score (nSPS) is 11.1. The third-order valence-corrected chi connectivity index (χ3v) is 13.9. The monoisotopic (exact) mass is 1020 g/mol. The number of hydrogen-bond donors (Lipinski definition) is 3. The van der Waals surface area contributed by atoms with Crippen LogP contribution in [0.5, 0.6) is 17.2 Å². The second-order valence-corrected chi connectivity index (χ2v) is 19.7. The molecule has 0 spiro atoms. The van der Waals surface area contributed by atoms with Gasteiger partial charge in [0.2, 0.25) is 0 Å².